The second kappa shape index (κ2) is 8.75. The van der Waals surface area contributed by atoms with Gasteiger partial charge in [0.2, 0.25) is 0 Å². The zero-order chi connectivity index (χ0) is 19.2. The van der Waals surface area contributed by atoms with Gasteiger partial charge in [0.25, 0.3) is 17.0 Å². The van der Waals surface area contributed by atoms with Crippen LogP contribution in [0.1, 0.15) is 18.9 Å². The molecule has 0 spiro atoms. The second-order valence-electron chi connectivity index (χ2n) is 5.17. The minimum Gasteiger partial charge on any atom is -0.481 e. The first-order chi connectivity index (χ1) is 13.0. The van der Waals surface area contributed by atoms with E-state index in [9.17, 15) is 4.39 Å². The topological polar surface area (TPSA) is 70.3 Å². The predicted molar refractivity (Wildman–Crippen MR) is 98.6 cm³/mol. The third kappa shape index (κ3) is 5.12. The summed E-state index contributed by atoms with van der Waals surface area (Å²) in [4.78, 5) is 3.80. The van der Waals surface area contributed by atoms with Crippen LogP contribution in [0, 0.1) is 18.2 Å². The largest absolute Gasteiger partial charge is 0.481 e. The van der Waals surface area contributed by atoms with Crippen molar-refractivity contribution in [2.45, 2.75) is 18.3 Å². The molecule has 0 aliphatic rings. The molecule has 0 radical (unpaired) electrons. The van der Waals surface area contributed by atoms with Crippen molar-refractivity contribution in [1.82, 2.24) is 15.2 Å². The summed E-state index contributed by atoms with van der Waals surface area (Å²) in [6.45, 7) is 1.78. The molecule has 1 atom stereocenters. The van der Waals surface area contributed by atoms with Crippen LogP contribution in [0.2, 0.25) is 5.02 Å². The summed E-state index contributed by atoms with van der Waals surface area (Å²) in [5.74, 6) is 3.40. The predicted octanol–water partition coefficient (Wildman–Crippen LogP) is 4.91. The molecule has 3 rings (SSSR count). The van der Waals surface area contributed by atoms with Crippen molar-refractivity contribution in [3.05, 3.63) is 53.3 Å². The van der Waals surface area contributed by atoms with Crippen LogP contribution in [0.5, 0.6) is 17.4 Å². The molecule has 0 aliphatic heterocycles. The lowest BCUT2D eigenvalue weighted by molar-refractivity contribution is 0.181. The van der Waals surface area contributed by atoms with Gasteiger partial charge in [0, 0.05) is 6.20 Å². The van der Waals surface area contributed by atoms with E-state index in [2.05, 4.69) is 21.1 Å². The summed E-state index contributed by atoms with van der Waals surface area (Å²) in [6, 6.07) is 7.72. The molecule has 2 aromatic heterocycles. The van der Waals surface area contributed by atoms with Gasteiger partial charge in [-0.15, -0.1) is 16.6 Å². The van der Waals surface area contributed by atoms with Crippen LogP contribution in [0.4, 0.5) is 4.39 Å². The Morgan fingerprint density at radius 2 is 2.04 bits per heavy atom. The Morgan fingerprint density at radius 3 is 2.74 bits per heavy atom. The van der Waals surface area contributed by atoms with Crippen LogP contribution in [0.3, 0.4) is 0 Å². The monoisotopic (exact) mass is 405 g/mol. The molecule has 0 bridgehead atoms. The first-order valence-electron chi connectivity index (χ1n) is 7.70. The molecule has 6 nitrogen and oxygen atoms in total. The van der Waals surface area contributed by atoms with Crippen molar-refractivity contribution in [2.24, 2.45) is 0 Å². The summed E-state index contributed by atoms with van der Waals surface area (Å²) in [5, 5.41) is 8.41. The number of benzene rings is 1. The zero-order valence-electron chi connectivity index (χ0n) is 14.1. The van der Waals surface area contributed by atoms with Crippen molar-refractivity contribution < 1.29 is 18.3 Å². The maximum Gasteiger partial charge on any atom is 0.277 e. The molecule has 2 heterocycles. The molecule has 0 amide bonds. The fourth-order valence-electron chi connectivity index (χ4n) is 1.98. The fraction of sp³-hybridized carbons (Fsp3) is 0.167. The lowest BCUT2D eigenvalue weighted by Crippen LogP contribution is -2.03. The van der Waals surface area contributed by atoms with E-state index in [0.29, 0.717) is 28.4 Å². The van der Waals surface area contributed by atoms with E-state index in [-0.39, 0.29) is 10.9 Å². The molecule has 1 aromatic carbocycles. The molecule has 0 saturated carbocycles. The van der Waals surface area contributed by atoms with Gasteiger partial charge < -0.3 is 13.9 Å². The van der Waals surface area contributed by atoms with E-state index in [1.807, 2.05) is 0 Å². The summed E-state index contributed by atoms with van der Waals surface area (Å²) < 4.78 is 30.3. The second-order valence-corrected chi connectivity index (χ2v) is 6.54. The number of pyridine rings is 1. The van der Waals surface area contributed by atoms with Crippen molar-refractivity contribution in [2.75, 3.05) is 5.75 Å². The highest BCUT2D eigenvalue weighted by molar-refractivity contribution is 7.99. The molecule has 0 saturated heterocycles. The molecule has 0 N–H and O–H groups in total. The Hall–Kier alpha value is -2.76. The van der Waals surface area contributed by atoms with Gasteiger partial charge in [0.05, 0.1) is 10.8 Å². The standard InChI is InChI=1S/C18H13ClFN3O3S/c1-3-8-27-18-23-22-16(26-18)11(2)24-13-4-6-14(7-5-13)25-17-15(20)9-12(19)10-21-17/h1,4-7,9-11H,8H2,2H3/t11-/m1/s1. The van der Waals surface area contributed by atoms with Crippen LogP contribution < -0.4 is 9.47 Å². The van der Waals surface area contributed by atoms with Crippen molar-refractivity contribution >= 4 is 23.4 Å². The van der Waals surface area contributed by atoms with E-state index in [0.717, 1.165) is 6.07 Å². The van der Waals surface area contributed by atoms with E-state index in [1.54, 1.807) is 31.2 Å². The van der Waals surface area contributed by atoms with Gasteiger partial charge in [-0.05, 0) is 37.3 Å². The zero-order valence-corrected chi connectivity index (χ0v) is 15.6. The minimum absolute atomic E-state index is 0.163. The van der Waals surface area contributed by atoms with Crippen molar-refractivity contribution in [3.63, 3.8) is 0 Å². The average molecular weight is 406 g/mol. The Morgan fingerprint density at radius 1 is 1.30 bits per heavy atom. The maximum atomic E-state index is 13.7. The average Bonchev–Trinajstić information content (AvgIpc) is 3.13. The number of rotatable bonds is 7. The molecule has 27 heavy (non-hydrogen) atoms. The van der Waals surface area contributed by atoms with Crippen LogP contribution in [-0.2, 0) is 0 Å². The van der Waals surface area contributed by atoms with Gasteiger partial charge in [-0.3, -0.25) is 0 Å². The van der Waals surface area contributed by atoms with E-state index < -0.39 is 11.9 Å². The highest BCUT2D eigenvalue weighted by atomic mass is 35.5. The number of hydrogen-bond acceptors (Lipinski definition) is 7. The van der Waals surface area contributed by atoms with Gasteiger partial charge in [0.1, 0.15) is 11.5 Å². The SMILES string of the molecule is C#CCSc1nnc([C@@H](C)Oc2ccc(Oc3ncc(Cl)cc3F)cc2)o1. The summed E-state index contributed by atoms with van der Waals surface area (Å²) in [7, 11) is 0. The lowest BCUT2D eigenvalue weighted by atomic mass is 10.3. The molecule has 138 valence electrons. The van der Waals surface area contributed by atoms with Gasteiger partial charge in [-0.25, -0.2) is 9.37 Å². The number of terminal acetylenes is 1. The maximum absolute atomic E-state index is 13.7. The van der Waals surface area contributed by atoms with Gasteiger partial charge in [-0.2, -0.15) is 0 Å². The molecular formula is C18H13ClFN3O3S. The summed E-state index contributed by atoms with van der Waals surface area (Å²) in [5.41, 5.74) is 0. The molecule has 0 aliphatic carbocycles. The molecule has 0 fully saturated rings. The Kier molecular flexibility index (Phi) is 6.16. The van der Waals surface area contributed by atoms with Crippen molar-refractivity contribution in [1.29, 1.82) is 0 Å². The van der Waals surface area contributed by atoms with Gasteiger partial charge in [-0.1, -0.05) is 29.3 Å². The Balaban J connectivity index is 1.61. The summed E-state index contributed by atoms with van der Waals surface area (Å²) >= 11 is 6.94. The lowest BCUT2D eigenvalue weighted by Gasteiger charge is -2.11. The molecular weight excluding hydrogens is 393 g/mol. The third-order valence-electron chi connectivity index (χ3n) is 3.17. The fourth-order valence-corrected chi connectivity index (χ4v) is 2.57. The molecule has 3 aromatic rings. The van der Waals surface area contributed by atoms with Crippen LogP contribution in [-0.4, -0.2) is 20.9 Å². The molecule has 0 unspecified atom stereocenters. The highest BCUT2D eigenvalue weighted by Crippen LogP contribution is 2.28. The number of ether oxygens (including phenoxy) is 2. The number of nitrogens with zero attached hydrogens (tertiary/aromatic N) is 3. The summed E-state index contributed by atoms with van der Waals surface area (Å²) in [6.07, 6.45) is 6.04. The number of thioether (sulfide) groups is 1. The third-order valence-corrected chi connectivity index (χ3v) is 4.10. The van der Waals surface area contributed by atoms with Crippen LogP contribution in [0.15, 0.2) is 46.2 Å². The highest BCUT2D eigenvalue weighted by Gasteiger charge is 2.16. The normalized spacial score (nSPS) is 11.6. The van der Waals surface area contributed by atoms with E-state index >= 15 is 0 Å². The number of aromatic nitrogens is 3. The Labute approximate surface area is 164 Å². The van der Waals surface area contributed by atoms with Crippen LogP contribution in [0.25, 0.3) is 0 Å². The number of hydrogen-bond donors (Lipinski definition) is 0. The first kappa shape index (κ1) is 19.0. The van der Waals surface area contributed by atoms with E-state index in [1.165, 1.54) is 18.0 Å². The quantitative estimate of drug-likeness (QED) is 0.408. The molecule has 9 heteroatoms. The van der Waals surface area contributed by atoms with Gasteiger partial charge >= 0.3 is 0 Å². The first-order valence-corrected chi connectivity index (χ1v) is 9.07. The van der Waals surface area contributed by atoms with Crippen LogP contribution >= 0.6 is 23.4 Å². The Bertz CT molecular complexity index is 959. The number of halogens is 2. The van der Waals surface area contributed by atoms with Gasteiger partial charge in [0.15, 0.2) is 11.9 Å². The van der Waals surface area contributed by atoms with Crippen molar-refractivity contribution in [3.8, 4) is 29.7 Å². The minimum atomic E-state index is -0.647. The van der Waals surface area contributed by atoms with E-state index in [4.69, 9.17) is 31.9 Å². The smallest absolute Gasteiger partial charge is 0.277 e.